The number of fused-ring (bicyclic) bond motifs is 6. The van der Waals surface area contributed by atoms with Gasteiger partial charge in [0, 0.05) is 46.4 Å². The second kappa shape index (κ2) is 22.9. The number of esters is 1. The number of benzene rings is 3. The van der Waals surface area contributed by atoms with E-state index in [0.717, 1.165) is 0 Å². The van der Waals surface area contributed by atoms with Crippen molar-refractivity contribution in [2.24, 2.45) is 11.7 Å². The third-order valence-corrected chi connectivity index (χ3v) is 10.1. The van der Waals surface area contributed by atoms with Crippen LogP contribution in [0, 0.1) is 5.92 Å². The van der Waals surface area contributed by atoms with Crippen molar-refractivity contribution in [2.45, 2.75) is 57.2 Å². The fourth-order valence-corrected chi connectivity index (χ4v) is 7.03. The van der Waals surface area contributed by atoms with Crippen molar-refractivity contribution in [3.8, 4) is 11.5 Å². The predicted molar refractivity (Wildman–Crippen MR) is 224 cm³/mol. The molecule has 2 aliphatic rings. The van der Waals surface area contributed by atoms with Crippen molar-refractivity contribution in [2.75, 3.05) is 64.7 Å². The number of carboxylic acids is 1. The molecule has 0 aromatic heterocycles. The van der Waals surface area contributed by atoms with Gasteiger partial charge in [-0.3, -0.25) is 19.2 Å². The van der Waals surface area contributed by atoms with Crippen LogP contribution in [0.25, 0.3) is 0 Å². The van der Waals surface area contributed by atoms with Crippen molar-refractivity contribution in [3.63, 3.8) is 0 Å². The molecule has 3 aromatic carbocycles. The van der Waals surface area contributed by atoms with E-state index >= 15 is 0 Å². The molecule has 5 rings (SSSR count). The van der Waals surface area contributed by atoms with Gasteiger partial charge >= 0.3 is 18.0 Å². The van der Waals surface area contributed by atoms with Crippen LogP contribution in [-0.4, -0.2) is 112 Å². The van der Waals surface area contributed by atoms with E-state index < -0.39 is 53.4 Å². The summed E-state index contributed by atoms with van der Waals surface area (Å²) in [5.74, 6) is -2.73. The van der Waals surface area contributed by atoms with E-state index in [0.29, 0.717) is 64.3 Å². The van der Waals surface area contributed by atoms with Gasteiger partial charge in [0.25, 0.3) is 0 Å². The molecular formula is C43H52ClN5O13. The molecule has 2 aliphatic heterocycles. The third-order valence-electron chi connectivity index (χ3n) is 9.86. The van der Waals surface area contributed by atoms with Crippen LogP contribution in [0.2, 0.25) is 5.02 Å². The van der Waals surface area contributed by atoms with Gasteiger partial charge in [-0.25, -0.2) is 9.59 Å². The fourth-order valence-electron chi connectivity index (χ4n) is 6.87. The van der Waals surface area contributed by atoms with E-state index in [4.69, 9.17) is 50.9 Å². The number of anilines is 1. The van der Waals surface area contributed by atoms with Crippen LogP contribution in [0.4, 0.5) is 10.5 Å². The minimum Gasteiger partial charge on any atom is -0.481 e. The first-order valence-electron chi connectivity index (χ1n) is 20.2. The highest BCUT2D eigenvalue weighted by atomic mass is 35.5. The normalized spacial score (nSPS) is 15.6. The number of amides is 5. The molecule has 5 amide bonds. The van der Waals surface area contributed by atoms with Crippen molar-refractivity contribution in [3.05, 3.63) is 87.9 Å². The highest BCUT2D eigenvalue weighted by molar-refractivity contribution is 6.30. The zero-order valence-corrected chi connectivity index (χ0v) is 35.3. The van der Waals surface area contributed by atoms with Gasteiger partial charge in [-0.05, 0) is 55.2 Å². The molecule has 0 saturated heterocycles. The molecule has 2 heterocycles. The summed E-state index contributed by atoms with van der Waals surface area (Å²) in [6.45, 7) is 5.56. The standard InChI is InChI=1S/C43H52ClN5O13/c1-26(2)38(49-36(50)13-16-57-18-20-59-22-23-60-21-19-58-17-14-37(51)52)40(54)48-33(8-5-15-46-42(45)56)39(53)47-28-10-12-32-35(25-28)61-34-24-27(44)9-11-31(34)43(32)30-7-4-3-6-29(30)41(55)62-43/h3-4,6-7,9-12,24-26,33,38H,5,8,13-23H2,1-2H3,(H,47,53)(H,48,54)(H,49,50)(H,51,52)(H3,45,46,56)/t33-,38-,43?/m0/s1. The zero-order valence-electron chi connectivity index (χ0n) is 34.5. The number of carbonyl (C=O) groups excluding carboxylic acids is 5. The summed E-state index contributed by atoms with van der Waals surface area (Å²) in [4.78, 5) is 75.5. The molecule has 62 heavy (non-hydrogen) atoms. The summed E-state index contributed by atoms with van der Waals surface area (Å²) in [7, 11) is 0. The highest BCUT2D eigenvalue weighted by Crippen LogP contribution is 2.56. The molecule has 0 aliphatic carbocycles. The molecular weight excluding hydrogens is 830 g/mol. The van der Waals surface area contributed by atoms with Crippen molar-refractivity contribution in [1.29, 1.82) is 0 Å². The number of nitrogens with two attached hydrogens (primary N) is 1. The average molecular weight is 882 g/mol. The number of hydrogen-bond acceptors (Lipinski definition) is 12. The number of urea groups is 1. The summed E-state index contributed by atoms with van der Waals surface area (Å²) < 4.78 is 33.9. The Morgan fingerprint density at radius 1 is 0.774 bits per heavy atom. The Bertz CT molecular complexity index is 2080. The van der Waals surface area contributed by atoms with Gasteiger partial charge in [-0.2, -0.15) is 0 Å². The molecule has 334 valence electrons. The molecule has 1 unspecified atom stereocenters. The van der Waals surface area contributed by atoms with Gasteiger partial charge in [0.2, 0.25) is 17.7 Å². The number of carbonyl (C=O) groups is 6. The molecule has 7 N–H and O–H groups in total. The average Bonchev–Trinajstić information content (AvgIpc) is 3.52. The van der Waals surface area contributed by atoms with Crippen LogP contribution < -0.4 is 31.7 Å². The summed E-state index contributed by atoms with van der Waals surface area (Å²) in [5.41, 5.74) is 6.33. The first-order valence-corrected chi connectivity index (χ1v) is 20.6. The first-order chi connectivity index (χ1) is 29.8. The van der Waals surface area contributed by atoms with Gasteiger partial charge in [0.05, 0.1) is 64.8 Å². The maximum atomic E-state index is 13.9. The first kappa shape index (κ1) is 47.3. The summed E-state index contributed by atoms with van der Waals surface area (Å²) in [6, 6.07) is 14.2. The Kier molecular flexibility index (Phi) is 17.4. The molecule has 3 aromatic rings. The second-order valence-electron chi connectivity index (χ2n) is 14.7. The molecule has 0 radical (unpaired) electrons. The number of halogens is 1. The van der Waals surface area contributed by atoms with E-state index in [1.807, 2.05) is 12.1 Å². The summed E-state index contributed by atoms with van der Waals surface area (Å²) in [6.07, 6.45) is 0.277. The fraction of sp³-hybridized carbons (Fsp3) is 0.442. The molecule has 0 fully saturated rings. The SMILES string of the molecule is CC(C)[C@H](NC(=O)CCOCCOCCOCCOCCC(=O)O)C(=O)N[C@@H](CCCNC(N)=O)C(=O)Nc1ccc2c(c1)Oc1cc(Cl)ccc1C21OC(=O)c2ccccc21. The third kappa shape index (κ3) is 12.6. The lowest BCUT2D eigenvalue weighted by atomic mass is 9.77. The minimum absolute atomic E-state index is 0.0344. The van der Waals surface area contributed by atoms with E-state index in [-0.39, 0.29) is 71.2 Å². The van der Waals surface area contributed by atoms with Crippen LogP contribution in [0.3, 0.4) is 0 Å². The lowest BCUT2D eigenvalue weighted by Gasteiger charge is -2.36. The Morgan fingerprint density at radius 3 is 2.03 bits per heavy atom. The Morgan fingerprint density at radius 2 is 1.39 bits per heavy atom. The quantitative estimate of drug-likeness (QED) is 0.0523. The largest absolute Gasteiger partial charge is 0.481 e. The number of rotatable bonds is 25. The maximum absolute atomic E-state index is 13.9. The predicted octanol–water partition coefficient (Wildman–Crippen LogP) is 3.85. The van der Waals surface area contributed by atoms with Gasteiger partial charge in [0.15, 0.2) is 5.60 Å². The topological polar surface area (TPSA) is 252 Å². The van der Waals surface area contributed by atoms with Crippen LogP contribution in [0.1, 0.15) is 66.6 Å². The van der Waals surface area contributed by atoms with E-state index in [2.05, 4.69) is 21.3 Å². The van der Waals surface area contributed by atoms with Crippen molar-refractivity contribution in [1.82, 2.24) is 16.0 Å². The van der Waals surface area contributed by atoms with E-state index in [9.17, 15) is 28.8 Å². The number of aliphatic carboxylic acids is 1. The monoisotopic (exact) mass is 881 g/mol. The minimum atomic E-state index is -1.34. The molecule has 3 atom stereocenters. The highest BCUT2D eigenvalue weighted by Gasteiger charge is 2.53. The van der Waals surface area contributed by atoms with Crippen LogP contribution in [0.5, 0.6) is 11.5 Å². The molecule has 1 spiro atoms. The molecule has 0 bridgehead atoms. The van der Waals surface area contributed by atoms with E-state index in [1.165, 1.54) is 0 Å². The van der Waals surface area contributed by atoms with E-state index in [1.54, 1.807) is 62.4 Å². The maximum Gasteiger partial charge on any atom is 0.340 e. The lowest BCUT2D eigenvalue weighted by molar-refractivity contribution is -0.138. The molecule has 19 heteroatoms. The number of ether oxygens (including phenoxy) is 6. The molecule has 18 nitrogen and oxygen atoms in total. The summed E-state index contributed by atoms with van der Waals surface area (Å²) >= 11 is 6.36. The van der Waals surface area contributed by atoms with Crippen molar-refractivity contribution >= 4 is 53.0 Å². The Balaban J connectivity index is 1.16. The second-order valence-corrected chi connectivity index (χ2v) is 15.1. The number of primary amides is 1. The number of carboxylic acid groups (broad SMARTS) is 1. The van der Waals surface area contributed by atoms with Crippen LogP contribution in [0.15, 0.2) is 60.7 Å². The van der Waals surface area contributed by atoms with Crippen LogP contribution >= 0.6 is 11.6 Å². The van der Waals surface area contributed by atoms with Gasteiger partial charge < -0.3 is 60.5 Å². The Labute approximate surface area is 363 Å². The lowest BCUT2D eigenvalue weighted by Crippen LogP contribution is -2.54. The van der Waals surface area contributed by atoms with Crippen molar-refractivity contribution < 1.29 is 62.3 Å². The van der Waals surface area contributed by atoms with Gasteiger partial charge in [-0.15, -0.1) is 0 Å². The number of nitrogens with one attached hydrogen (secondary N) is 4. The zero-order chi connectivity index (χ0) is 44.6. The summed E-state index contributed by atoms with van der Waals surface area (Å²) in [5, 5.41) is 19.8. The van der Waals surface area contributed by atoms with Gasteiger partial charge in [0.1, 0.15) is 23.6 Å². The number of hydrogen-bond donors (Lipinski definition) is 6. The smallest absolute Gasteiger partial charge is 0.340 e. The van der Waals surface area contributed by atoms with Crippen LogP contribution in [-0.2, 0) is 48.5 Å². The Hall–Kier alpha value is -5.79. The molecule has 0 saturated carbocycles. The van der Waals surface area contributed by atoms with Gasteiger partial charge in [-0.1, -0.05) is 43.6 Å².